The molecule has 1 aliphatic heterocycles. The summed E-state index contributed by atoms with van der Waals surface area (Å²) in [4.78, 5) is 22.8. The summed E-state index contributed by atoms with van der Waals surface area (Å²) in [6.45, 7) is 1.54. The molecular formula is C12H11ClFNO2. The highest BCUT2D eigenvalue weighted by Crippen LogP contribution is 2.27. The molecule has 0 aliphatic carbocycles. The van der Waals surface area contributed by atoms with Crippen LogP contribution in [-0.4, -0.2) is 17.1 Å². The number of halogens is 2. The Hall–Kier alpha value is -1.42. The molecule has 0 saturated heterocycles. The highest BCUT2D eigenvalue weighted by atomic mass is 35.5. The minimum atomic E-state index is -0.689. The number of aryl methyl sites for hydroxylation is 1. The van der Waals surface area contributed by atoms with Crippen LogP contribution in [0.2, 0.25) is 0 Å². The van der Waals surface area contributed by atoms with Crippen LogP contribution in [0.3, 0.4) is 0 Å². The van der Waals surface area contributed by atoms with E-state index in [1.54, 1.807) is 13.0 Å². The van der Waals surface area contributed by atoms with Crippen molar-refractivity contribution in [2.45, 2.75) is 25.1 Å². The van der Waals surface area contributed by atoms with Crippen molar-refractivity contribution in [1.29, 1.82) is 0 Å². The molecule has 0 saturated carbocycles. The molecule has 90 valence electrons. The Labute approximate surface area is 103 Å². The monoisotopic (exact) mass is 255 g/mol. The average Bonchev–Trinajstić information content (AvgIpc) is 2.28. The van der Waals surface area contributed by atoms with Crippen molar-refractivity contribution >= 4 is 29.0 Å². The summed E-state index contributed by atoms with van der Waals surface area (Å²) in [6.07, 6.45) is 0.746. The molecule has 1 aromatic carbocycles. The molecule has 0 fully saturated rings. The zero-order valence-electron chi connectivity index (χ0n) is 9.22. The first-order chi connectivity index (χ1) is 7.99. The lowest BCUT2D eigenvalue weighted by Gasteiger charge is -2.18. The first kappa shape index (κ1) is 12.0. The van der Waals surface area contributed by atoms with Crippen LogP contribution in [-0.2, 0) is 11.2 Å². The van der Waals surface area contributed by atoms with Gasteiger partial charge in [-0.2, -0.15) is 0 Å². The normalized spacial score (nSPS) is 16.1. The van der Waals surface area contributed by atoms with Gasteiger partial charge in [-0.15, -0.1) is 11.6 Å². The van der Waals surface area contributed by atoms with E-state index in [4.69, 9.17) is 11.6 Å². The van der Waals surface area contributed by atoms with E-state index in [1.165, 1.54) is 0 Å². The quantitative estimate of drug-likeness (QED) is 0.652. The molecule has 0 bridgehead atoms. The Morgan fingerprint density at radius 2 is 2.18 bits per heavy atom. The fourth-order valence-electron chi connectivity index (χ4n) is 1.82. The van der Waals surface area contributed by atoms with Gasteiger partial charge in [-0.3, -0.25) is 9.59 Å². The van der Waals surface area contributed by atoms with Crippen LogP contribution in [0.25, 0.3) is 0 Å². The van der Waals surface area contributed by atoms with Crippen LogP contribution in [0.1, 0.15) is 29.3 Å². The molecule has 1 heterocycles. The third kappa shape index (κ3) is 2.31. The second-order valence-corrected chi connectivity index (χ2v) is 4.68. The van der Waals surface area contributed by atoms with Gasteiger partial charge >= 0.3 is 0 Å². The minimum Gasteiger partial charge on any atom is -0.323 e. The summed E-state index contributed by atoms with van der Waals surface area (Å²) < 4.78 is 13.7. The first-order valence-corrected chi connectivity index (χ1v) is 5.73. The number of ketones is 1. The van der Waals surface area contributed by atoms with E-state index in [9.17, 15) is 14.0 Å². The van der Waals surface area contributed by atoms with Gasteiger partial charge in [0.2, 0.25) is 5.91 Å². The van der Waals surface area contributed by atoms with E-state index in [2.05, 4.69) is 5.32 Å². The summed E-state index contributed by atoms with van der Waals surface area (Å²) in [7, 11) is 0. The molecule has 3 nitrogen and oxygen atoms in total. The Morgan fingerprint density at radius 1 is 1.47 bits per heavy atom. The number of benzene rings is 1. The number of nitrogens with one attached hydrogen (secondary N) is 1. The number of hydrogen-bond donors (Lipinski definition) is 1. The van der Waals surface area contributed by atoms with Gasteiger partial charge in [-0.1, -0.05) is 0 Å². The number of Topliss-reactive ketones (excluding diaryl/α,β-unsaturated/α-hetero) is 1. The molecule has 5 heteroatoms. The van der Waals surface area contributed by atoms with E-state index in [-0.39, 0.29) is 22.9 Å². The lowest BCUT2D eigenvalue weighted by Crippen LogP contribution is -2.21. The van der Waals surface area contributed by atoms with Gasteiger partial charge in [0.25, 0.3) is 0 Å². The number of amides is 1. The molecule has 1 aliphatic rings. The summed E-state index contributed by atoms with van der Waals surface area (Å²) in [6, 6.07) is 2.71. The molecule has 1 atom stereocenters. The van der Waals surface area contributed by atoms with Crippen molar-refractivity contribution in [3.63, 3.8) is 0 Å². The summed E-state index contributed by atoms with van der Waals surface area (Å²) in [5.41, 5.74) is 1.07. The number of hydrogen-bond acceptors (Lipinski definition) is 2. The van der Waals surface area contributed by atoms with Gasteiger partial charge in [0, 0.05) is 12.0 Å². The van der Waals surface area contributed by atoms with E-state index < -0.39 is 11.2 Å². The molecule has 0 radical (unpaired) electrons. The number of carbonyl (C=O) groups excluding carboxylic acids is 2. The first-order valence-electron chi connectivity index (χ1n) is 5.29. The van der Waals surface area contributed by atoms with Gasteiger partial charge < -0.3 is 5.32 Å². The fraction of sp³-hybridized carbons (Fsp3) is 0.333. The molecule has 1 aromatic rings. The van der Waals surface area contributed by atoms with Crippen LogP contribution < -0.4 is 5.32 Å². The number of anilines is 1. The van der Waals surface area contributed by atoms with E-state index in [1.807, 2.05) is 0 Å². The van der Waals surface area contributed by atoms with E-state index >= 15 is 0 Å². The zero-order valence-corrected chi connectivity index (χ0v) is 9.97. The fourth-order valence-corrected chi connectivity index (χ4v) is 1.95. The van der Waals surface area contributed by atoms with Crippen molar-refractivity contribution in [3.05, 3.63) is 29.1 Å². The summed E-state index contributed by atoms with van der Waals surface area (Å²) >= 11 is 5.68. The largest absolute Gasteiger partial charge is 0.323 e. The van der Waals surface area contributed by atoms with Crippen molar-refractivity contribution in [1.82, 2.24) is 0 Å². The topological polar surface area (TPSA) is 46.2 Å². The summed E-state index contributed by atoms with van der Waals surface area (Å²) in [5, 5.41) is 1.78. The average molecular weight is 256 g/mol. The predicted molar refractivity (Wildman–Crippen MR) is 63.0 cm³/mol. The molecule has 0 spiro atoms. The molecular weight excluding hydrogens is 245 g/mol. The molecule has 1 N–H and O–H groups in total. The Bertz CT molecular complexity index is 500. The van der Waals surface area contributed by atoms with Crippen LogP contribution in [0, 0.1) is 5.82 Å². The van der Waals surface area contributed by atoms with Crippen LogP contribution in [0.5, 0.6) is 0 Å². The van der Waals surface area contributed by atoms with Crippen LogP contribution in [0.15, 0.2) is 12.1 Å². The van der Waals surface area contributed by atoms with Crippen molar-refractivity contribution < 1.29 is 14.0 Å². The lowest BCUT2D eigenvalue weighted by molar-refractivity contribution is -0.116. The molecule has 1 amide bonds. The highest BCUT2D eigenvalue weighted by molar-refractivity contribution is 6.33. The SMILES string of the molecule is CC(Cl)C(=O)c1cc(F)c2c(c1)CCC(=O)N2. The third-order valence-electron chi connectivity index (χ3n) is 2.70. The van der Waals surface area contributed by atoms with Crippen molar-refractivity contribution in [2.75, 3.05) is 5.32 Å². The Balaban J connectivity index is 2.44. The van der Waals surface area contributed by atoms with E-state index in [0.717, 1.165) is 6.07 Å². The van der Waals surface area contributed by atoms with Gasteiger partial charge in [0.1, 0.15) is 5.82 Å². The van der Waals surface area contributed by atoms with Crippen LogP contribution >= 0.6 is 11.6 Å². The number of alkyl halides is 1. The van der Waals surface area contributed by atoms with Crippen molar-refractivity contribution in [3.8, 4) is 0 Å². The maximum atomic E-state index is 13.7. The van der Waals surface area contributed by atoms with Gasteiger partial charge in [0.15, 0.2) is 5.78 Å². The standard InChI is InChI=1S/C12H11ClFNO2/c1-6(13)12(17)8-4-7-2-3-10(16)15-11(7)9(14)5-8/h4-6H,2-3H2,1H3,(H,15,16). The Morgan fingerprint density at radius 3 is 2.82 bits per heavy atom. The van der Waals surface area contributed by atoms with Gasteiger partial charge in [-0.25, -0.2) is 4.39 Å². The number of carbonyl (C=O) groups is 2. The zero-order chi connectivity index (χ0) is 12.6. The second-order valence-electron chi connectivity index (χ2n) is 4.02. The third-order valence-corrected chi connectivity index (χ3v) is 2.90. The maximum absolute atomic E-state index is 13.7. The lowest BCUT2D eigenvalue weighted by atomic mass is 9.97. The van der Waals surface area contributed by atoms with Crippen molar-refractivity contribution in [2.24, 2.45) is 0 Å². The molecule has 0 aromatic heterocycles. The number of fused-ring (bicyclic) bond motifs is 1. The van der Waals surface area contributed by atoms with Crippen LogP contribution in [0.4, 0.5) is 10.1 Å². The molecule has 1 unspecified atom stereocenters. The van der Waals surface area contributed by atoms with Gasteiger partial charge in [0.05, 0.1) is 11.1 Å². The summed E-state index contributed by atoms with van der Waals surface area (Å²) in [5.74, 6) is -1.11. The van der Waals surface area contributed by atoms with Gasteiger partial charge in [-0.05, 0) is 31.0 Å². The smallest absolute Gasteiger partial charge is 0.224 e. The molecule has 17 heavy (non-hydrogen) atoms. The maximum Gasteiger partial charge on any atom is 0.224 e. The number of rotatable bonds is 2. The molecule has 2 rings (SSSR count). The van der Waals surface area contributed by atoms with E-state index in [0.29, 0.717) is 18.4 Å². The Kier molecular flexibility index (Phi) is 3.15. The highest BCUT2D eigenvalue weighted by Gasteiger charge is 2.22. The predicted octanol–water partition coefficient (Wildman–Crippen LogP) is 2.52. The second kappa shape index (κ2) is 4.45. The minimum absolute atomic E-state index is 0.181.